The normalized spacial score (nSPS) is 14.2. The molecule has 0 unspecified atom stereocenters. The summed E-state index contributed by atoms with van der Waals surface area (Å²) >= 11 is 1.52. The lowest BCUT2D eigenvalue weighted by molar-refractivity contribution is 0.252. The molecule has 0 spiro atoms. The SMILES string of the molecule is CCCCc1ccc2c(c1)CCC=C2S/C(=C/CN)NC(N)=O. The Bertz CT molecular complexity index is 623. The molecule has 0 atom stereocenters. The van der Waals surface area contributed by atoms with Crippen molar-refractivity contribution in [3.8, 4) is 0 Å². The highest BCUT2D eigenvalue weighted by Gasteiger charge is 2.15. The molecule has 1 aliphatic carbocycles. The number of carbonyl (C=O) groups is 1. The van der Waals surface area contributed by atoms with Crippen molar-refractivity contribution in [2.24, 2.45) is 11.5 Å². The average Bonchev–Trinajstić information content (AvgIpc) is 2.52. The van der Waals surface area contributed by atoms with Gasteiger partial charge < -0.3 is 16.8 Å². The minimum Gasteiger partial charge on any atom is -0.351 e. The smallest absolute Gasteiger partial charge is 0.317 e. The number of carbonyl (C=O) groups excluding carboxylic acids is 1. The fourth-order valence-electron chi connectivity index (χ4n) is 2.66. The van der Waals surface area contributed by atoms with E-state index in [1.54, 1.807) is 6.08 Å². The van der Waals surface area contributed by atoms with Gasteiger partial charge in [-0.25, -0.2) is 4.79 Å². The zero-order chi connectivity index (χ0) is 16.7. The monoisotopic (exact) mass is 331 g/mol. The van der Waals surface area contributed by atoms with E-state index in [1.165, 1.54) is 41.3 Å². The van der Waals surface area contributed by atoms with Gasteiger partial charge in [-0.1, -0.05) is 49.4 Å². The molecule has 124 valence electrons. The van der Waals surface area contributed by atoms with Crippen molar-refractivity contribution in [2.45, 2.75) is 39.0 Å². The molecular weight excluding hydrogens is 306 g/mol. The molecule has 0 saturated heterocycles. The molecule has 23 heavy (non-hydrogen) atoms. The first-order valence-corrected chi connectivity index (χ1v) is 8.92. The van der Waals surface area contributed by atoms with Gasteiger partial charge in [0, 0.05) is 11.4 Å². The Morgan fingerprint density at radius 1 is 1.43 bits per heavy atom. The zero-order valence-corrected chi connectivity index (χ0v) is 14.4. The van der Waals surface area contributed by atoms with Gasteiger partial charge in [-0.3, -0.25) is 0 Å². The highest BCUT2D eigenvalue weighted by molar-refractivity contribution is 8.11. The molecule has 2 rings (SSSR count). The van der Waals surface area contributed by atoms with Gasteiger partial charge in [-0.05, 0) is 48.4 Å². The number of rotatable bonds is 7. The molecule has 1 aromatic carbocycles. The van der Waals surface area contributed by atoms with Crippen molar-refractivity contribution >= 4 is 22.7 Å². The molecule has 0 heterocycles. The number of aryl methyl sites for hydroxylation is 2. The van der Waals surface area contributed by atoms with E-state index >= 15 is 0 Å². The number of primary amides is 1. The van der Waals surface area contributed by atoms with Gasteiger partial charge in [0.05, 0.1) is 5.03 Å². The van der Waals surface area contributed by atoms with Crippen LogP contribution in [0.25, 0.3) is 4.91 Å². The number of amides is 2. The van der Waals surface area contributed by atoms with Crippen LogP contribution in [0, 0.1) is 0 Å². The Balaban J connectivity index is 2.18. The first-order valence-electron chi connectivity index (χ1n) is 8.11. The van der Waals surface area contributed by atoms with E-state index in [-0.39, 0.29) is 0 Å². The second kappa shape index (κ2) is 8.79. The van der Waals surface area contributed by atoms with Gasteiger partial charge in [0.25, 0.3) is 0 Å². The summed E-state index contributed by atoms with van der Waals surface area (Å²) in [5.74, 6) is 0. The summed E-state index contributed by atoms with van der Waals surface area (Å²) in [5, 5.41) is 3.33. The number of thioether (sulfide) groups is 1. The summed E-state index contributed by atoms with van der Waals surface area (Å²) in [7, 11) is 0. The van der Waals surface area contributed by atoms with Crippen LogP contribution in [-0.4, -0.2) is 12.6 Å². The Hall–Kier alpha value is -1.72. The summed E-state index contributed by atoms with van der Waals surface area (Å²) in [4.78, 5) is 12.3. The third-order valence-corrected chi connectivity index (χ3v) is 4.86. The van der Waals surface area contributed by atoms with Crippen LogP contribution in [-0.2, 0) is 12.8 Å². The predicted octanol–water partition coefficient (Wildman–Crippen LogP) is 3.52. The maximum atomic E-state index is 11.1. The first-order chi connectivity index (χ1) is 11.1. The summed E-state index contributed by atoms with van der Waals surface area (Å²) in [6.07, 6.45) is 9.65. The van der Waals surface area contributed by atoms with Gasteiger partial charge >= 0.3 is 6.03 Å². The van der Waals surface area contributed by atoms with Crippen molar-refractivity contribution in [2.75, 3.05) is 6.54 Å². The maximum absolute atomic E-state index is 11.1. The van der Waals surface area contributed by atoms with Crippen molar-refractivity contribution in [3.05, 3.63) is 52.1 Å². The van der Waals surface area contributed by atoms with Crippen molar-refractivity contribution in [1.82, 2.24) is 5.32 Å². The number of unbranched alkanes of at least 4 members (excludes halogenated alkanes) is 1. The van der Waals surface area contributed by atoms with Crippen LogP contribution in [0.1, 0.15) is 42.9 Å². The lowest BCUT2D eigenvalue weighted by atomic mass is 9.94. The highest BCUT2D eigenvalue weighted by Crippen LogP contribution is 2.38. The molecular formula is C18H25N3OS. The van der Waals surface area contributed by atoms with E-state index in [4.69, 9.17) is 11.5 Å². The van der Waals surface area contributed by atoms with E-state index in [9.17, 15) is 4.79 Å². The molecule has 2 amide bonds. The molecule has 0 aromatic heterocycles. The summed E-state index contributed by atoms with van der Waals surface area (Å²) in [6.45, 7) is 2.58. The number of benzene rings is 1. The van der Waals surface area contributed by atoms with Gasteiger partial charge in [0.15, 0.2) is 0 Å². The van der Waals surface area contributed by atoms with Crippen LogP contribution < -0.4 is 16.8 Å². The molecule has 0 saturated carbocycles. The van der Waals surface area contributed by atoms with Crippen LogP contribution in [0.2, 0.25) is 0 Å². The Morgan fingerprint density at radius 2 is 2.26 bits per heavy atom. The Morgan fingerprint density at radius 3 is 2.96 bits per heavy atom. The van der Waals surface area contributed by atoms with Crippen LogP contribution in [0.5, 0.6) is 0 Å². The van der Waals surface area contributed by atoms with Gasteiger partial charge in [-0.2, -0.15) is 0 Å². The molecule has 1 aromatic rings. The van der Waals surface area contributed by atoms with Gasteiger partial charge in [0.1, 0.15) is 0 Å². The van der Waals surface area contributed by atoms with E-state index < -0.39 is 6.03 Å². The first kappa shape index (κ1) is 17.6. The molecule has 5 heteroatoms. The average molecular weight is 331 g/mol. The summed E-state index contributed by atoms with van der Waals surface area (Å²) < 4.78 is 0. The molecule has 4 nitrogen and oxygen atoms in total. The molecule has 0 radical (unpaired) electrons. The van der Waals surface area contributed by atoms with Crippen LogP contribution in [0.15, 0.2) is 35.4 Å². The fourth-order valence-corrected chi connectivity index (χ4v) is 3.74. The minimum atomic E-state index is -0.566. The van der Waals surface area contributed by atoms with Crippen LogP contribution in [0.4, 0.5) is 4.79 Å². The van der Waals surface area contributed by atoms with E-state index in [2.05, 4.69) is 36.5 Å². The number of fused-ring (bicyclic) bond motifs is 1. The lowest BCUT2D eigenvalue weighted by Crippen LogP contribution is -2.28. The Labute approximate surface area is 142 Å². The van der Waals surface area contributed by atoms with Crippen molar-refractivity contribution in [1.29, 1.82) is 0 Å². The molecule has 5 N–H and O–H groups in total. The number of nitrogens with two attached hydrogens (primary N) is 2. The second-order valence-corrected chi connectivity index (χ2v) is 6.68. The largest absolute Gasteiger partial charge is 0.351 e. The standard InChI is InChI=1S/C18H25N3OS/c1-2-3-5-13-8-9-15-14(12-13)6-4-7-16(15)23-17(10-11-19)21-18(20)22/h7-10,12H,2-6,11,19H2,1H3,(H3,20,21,22)/b17-10+. The summed E-state index contributed by atoms with van der Waals surface area (Å²) in [6, 6.07) is 6.17. The van der Waals surface area contributed by atoms with Crippen molar-refractivity contribution in [3.63, 3.8) is 0 Å². The topological polar surface area (TPSA) is 81.1 Å². The fraction of sp³-hybridized carbons (Fsp3) is 0.389. The summed E-state index contributed by atoms with van der Waals surface area (Å²) in [5.41, 5.74) is 14.8. The maximum Gasteiger partial charge on any atom is 0.317 e. The van der Waals surface area contributed by atoms with Crippen molar-refractivity contribution < 1.29 is 4.79 Å². The third kappa shape index (κ3) is 5.15. The Kier molecular flexibility index (Phi) is 6.74. The number of allylic oxidation sites excluding steroid dienone is 1. The number of nitrogens with one attached hydrogen (secondary N) is 1. The lowest BCUT2D eigenvalue weighted by Gasteiger charge is -2.19. The van der Waals surface area contributed by atoms with E-state index in [0.717, 1.165) is 24.2 Å². The van der Waals surface area contributed by atoms with Gasteiger partial charge in [-0.15, -0.1) is 0 Å². The van der Waals surface area contributed by atoms with Crippen LogP contribution in [0.3, 0.4) is 0 Å². The third-order valence-electron chi connectivity index (χ3n) is 3.77. The molecule has 0 bridgehead atoms. The quantitative estimate of drug-likeness (QED) is 0.715. The molecule has 0 aliphatic heterocycles. The zero-order valence-electron chi connectivity index (χ0n) is 13.6. The van der Waals surface area contributed by atoms with E-state index in [1.807, 2.05) is 0 Å². The van der Waals surface area contributed by atoms with E-state index in [0.29, 0.717) is 11.6 Å². The molecule has 0 fully saturated rings. The van der Waals surface area contributed by atoms with Gasteiger partial charge in [0.2, 0.25) is 0 Å². The minimum absolute atomic E-state index is 0.360. The predicted molar refractivity (Wildman–Crippen MR) is 98.8 cm³/mol. The second-order valence-electron chi connectivity index (χ2n) is 5.60. The number of urea groups is 1. The number of hydrogen-bond donors (Lipinski definition) is 3. The molecule has 1 aliphatic rings. The highest BCUT2D eigenvalue weighted by atomic mass is 32.2. The van der Waals surface area contributed by atoms with Crippen LogP contribution >= 0.6 is 11.8 Å². The number of hydrogen-bond acceptors (Lipinski definition) is 3.